The first-order valence-electron chi connectivity index (χ1n) is 3.45. The molecule has 3 heteroatoms. The Morgan fingerprint density at radius 3 is 2.27 bits per heavy atom. The van der Waals surface area contributed by atoms with Crippen molar-refractivity contribution in [3.8, 4) is 0 Å². The van der Waals surface area contributed by atoms with E-state index in [1.807, 2.05) is 13.8 Å². The molecule has 60 valence electrons. The zero-order valence-corrected chi connectivity index (χ0v) is 7.69. The topological polar surface area (TPSA) is 25.8 Å². The monoisotopic (exact) mass is 168 g/mol. The van der Waals surface area contributed by atoms with Crippen LogP contribution in [0.25, 0.3) is 12.2 Å². The highest BCUT2D eigenvalue weighted by atomic mass is 32.1. The van der Waals surface area contributed by atoms with Crippen LogP contribution in [0.2, 0.25) is 0 Å². The van der Waals surface area contributed by atoms with Gasteiger partial charge in [-0.15, -0.1) is 5.10 Å². The number of hydrogen-bond donors (Lipinski definition) is 0. The van der Waals surface area contributed by atoms with Crippen molar-refractivity contribution in [2.45, 2.75) is 13.8 Å². The zero-order valence-electron chi connectivity index (χ0n) is 6.87. The van der Waals surface area contributed by atoms with E-state index in [1.54, 1.807) is 12.2 Å². The van der Waals surface area contributed by atoms with Crippen LogP contribution >= 0.6 is 11.5 Å². The second kappa shape index (κ2) is 5.80. The molecule has 1 aromatic heterocycles. The van der Waals surface area contributed by atoms with Gasteiger partial charge in [-0.2, -0.15) is 0 Å². The van der Waals surface area contributed by atoms with Crippen molar-refractivity contribution in [3.63, 3.8) is 0 Å². The fraction of sp³-hybridized carbons (Fsp3) is 0.250. The molecule has 0 fully saturated rings. The fourth-order valence-corrected chi connectivity index (χ4v) is 0.997. The first-order chi connectivity index (χ1) is 5.38. The Bertz CT molecular complexity index is 205. The molecule has 0 amide bonds. The molecule has 2 nitrogen and oxygen atoms in total. The Labute approximate surface area is 71.4 Å². The molecule has 0 bridgehead atoms. The van der Waals surface area contributed by atoms with Gasteiger partial charge in [-0.25, -0.2) is 0 Å². The van der Waals surface area contributed by atoms with Crippen LogP contribution in [0.4, 0.5) is 0 Å². The number of hydrogen-bond acceptors (Lipinski definition) is 3. The average molecular weight is 168 g/mol. The molecule has 0 saturated heterocycles. The molecule has 0 saturated carbocycles. The van der Waals surface area contributed by atoms with Crippen molar-refractivity contribution in [3.05, 3.63) is 23.7 Å². The molecule has 1 aromatic rings. The lowest BCUT2D eigenvalue weighted by molar-refractivity contribution is 1.14. The minimum atomic E-state index is 0.815. The van der Waals surface area contributed by atoms with Gasteiger partial charge < -0.3 is 0 Å². The molecule has 0 aromatic carbocycles. The molecule has 0 radical (unpaired) electrons. The van der Waals surface area contributed by atoms with E-state index in [-0.39, 0.29) is 0 Å². The molecule has 0 atom stereocenters. The minimum absolute atomic E-state index is 0.815. The van der Waals surface area contributed by atoms with Crippen LogP contribution in [0.3, 0.4) is 0 Å². The molecule has 1 heterocycles. The molecular weight excluding hydrogens is 156 g/mol. The normalized spacial score (nSPS) is 7.82. The van der Waals surface area contributed by atoms with Crippen LogP contribution in [-0.4, -0.2) is 9.59 Å². The van der Waals surface area contributed by atoms with E-state index in [0.717, 1.165) is 10.6 Å². The van der Waals surface area contributed by atoms with Gasteiger partial charge in [0.1, 0.15) is 5.69 Å². The maximum absolute atomic E-state index is 3.78. The smallest absolute Gasteiger partial charge is 0.105 e. The molecule has 0 aliphatic carbocycles. The van der Waals surface area contributed by atoms with Crippen LogP contribution < -0.4 is 0 Å². The highest BCUT2D eigenvalue weighted by Gasteiger charge is 1.96. The number of rotatable bonds is 2. The molecule has 0 N–H and O–H groups in total. The number of aromatic nitrogens is 2. The van der Waals surface area contributed by atoms with Gasteiger partial charge in [0.25, 0.3) is 0 Å². The average Bonchev–Trinajstić information content (AvgIpc) is 2.54. The van der Waals surface area contributed by atoms with E-state index < -0.39 is 0 Å². The zero-order chi connectivity index (χ0) is 8.69. The molecule has 11 heavy (non-hydrogen) atoms. The predicted octanol–water partition coefficient (Wildman–Crippen LogP) is 2.85. The quantitative estimate of drug-likeness (QED) is 0.678. The third kappa shape index (κ3) is 2.63. The second-order valence-electron chi connectivity index (χ2n) is 1.43. The lowest BCUT2D eigenvalue weighted by Gasteiger charge is -1.80. The standard InChI is InChI=1S/C6H6N2S.C2H6/c1-3-5-6(4-2)9-8-7-5;1-2/h3-4H,1-2H2;1-2H3. The molecule has 0 unspecified atom stereocenters. The van der Waals surface area contributed by atoms with Crippen molar-refractivity contribution in [1.82, 2.24) is 9.59 Å². The summed E-state index contributed by atoms with van der Waals surface area (Å²) in [5, 5.41) is 3.78. The van der Waals surface area contributed by atoms with E-state index in [4.69, 9.17) is 0 Å². The van der Waals surface area contributed by atoms with Crippen LogP contribution in [0, 0.1) is 0 Å². The van der Waals surface area contributed by atoms with Gasteiger partial charge in [-0.1, -0.05) is 31.5 Å². The highest BCUT2D eigenvalue weighted by Crippen LogP contribution is 2.11. The van der Waals surface area contributed by atoms with E-state index >= 15 is 0 Å². The summed E-state index contributed by atoms with van der Waals surface area (Å²) in [7, 11) is 0. The van der Waals surface area contributed by atoms with Gasteiger partial charge in [0, 0.05) is 0 Å². The summed E-state index contributed by atoms with van der Waals surface area (Å²) in [5.41, 5.74) is 0.815. The first kappa shape index (κ1) is 10.0. The third-order valence-corrected chi connectivity index (χ3v) is 1.65. The fourth-order valence-electron chi connectivity index (χ4n) is 0.488. The molecule has 1 rings (SSSR count). The number of nitrogens with zero attached hydrogens (tertiary/aromatic N) is 2. The summed E-state index contributed by atoms with van der Waals surface area (Å²) in [6.07, 6.45) is 3.39. The second-order valence-corrected chi connectivity index (χ2v) is 2.22. The van der Waals surface area contributed by atoms with Crippen molar-refractivity contribution < 1.29 is 0 Å². The van der Waals surface area contributed by atoms with Crippen LogP contribution in [-0.2, 0) is 0 Å². The van der Waals surface area contributed by atoms with Crippen molar-refractivity contribution >= 4 is 23.7 Å². The molecule has 0 aliphatic rings. The Morgan fingerprint density at radius 1 is 1.27 bits per heavy atom. The predicted molar refractivity (Wildman–Crippen MR) is 51.4 cm³/mol. The van der Waals surface area contributed by atoms with Crippen LogP contribution in [0.15, 0.2) is 13.2 Å². The van der Waals surface area contributed by atoms with Gasteiger partial charge in [-0.3, -0.25) is 0 Å². The molecule has 0 spiro atoms. The van der Waals surface area contributed by atoms with Gasteiger partial charge in [0.05, 0.1) is 4.88 Å². The Morgan fingerprint density at radius 2 is 1.91 bits per heavy atom. The SMILES string of the molecule is C=Cc1nnsc1C=C.CC. The first-order valence-corrected chi connectivity index (χ1v) is 4.23. The van der Waals surface area contributed by atoms with Crippen LogP contribution in [0.5, 0.6) is 0 Å². The van der Waals surface area contributed by atoms with Crippen molar-refractivity contribution in [2.24, 2.45) is 0 Å². The summed E-state index contributed by atoms with van der Waals surface area (Å²) in [5.74, 6) is 0. The summed E-state index contributed by atoms with van der Waals surface area (Å²) in [6, 6.07) is 0. The Balaban J connectivity index is 0.000000461. The van der Waals surface area contributed by atoms with E-state index in [1.165, 1.54) is 11.5 Å². The van der Waals surface area contributed by atoms with Gasteiger partial charge in [-0.05, 0) is 23.7 Å². The van der Waals surface area contributed by atoms with Gasteiger partial charge in [0.2, 0.25) is 0 Å². The molecule has 0 aliphatic heterocycles. The van der Waals surface area contributed by atoms with E-state index in [0.29, 0.717) is 0 Å². The van der Waals surface area contributed by atoms with E-state index in [2.05, 4.69) is 22.7 Å². The summed E-state index contributed by atoms with van der Waals surface area (Å²) in [6.45, 7) is 11.2. The van der Waals surface area contributed by atoms with Gasteiger partial charge >= 0.3 is 0 Å². The lowest BCUT2D eigenvalue weighted by atomic mass is 10.3. The Hall–Kier alpha value is -0.960. The van der Waals surface area contributed by atoms with E-state index in [9.17, 15) is 0 Å². The summed E-state index contributed by atoms with van der Waals surface area (Å²) >= 11 is 1.32. The largest absolute Gasteiger partial charge is 0.138 e. The summed E-state index contributed by atoms with van der Waals surface area (Å²) in [4.78, 5) is 0.977. The van der Waals surface area contributed by atoms with Crippen molar-refractivity contribution in [2.75, 3.05) is 0 Å². The lowest BCUT2D eigenvalue weighted by Crippen LogP contribution is -1.71. The maximum atomic E-state index is 3.78. The van der Waals surface area contributed by atoms with Crippen LogP contribution in [0.1, 0.15) is 24.4 Å². The maximum Gasteiger partial charge on any atom is 0.105 e. The Kier molecular flexibility index (Phi) is 5.29. The van der Waals surface area contributed by atoms with Crippen molar-refractivity contribution in [1.29, 1.82) is 0 Å². The summed E-state index contributed by atoms with van der Waals surface area (Å²) < 4.78 is 3.71. The third-order valence-electron chi connectivity index (χ3n) is 0.919. The highest BCUT2D eigenvalue weighted by molar-refractivity contribution is 7.06. The minimum Gasteiger partial charge on any atom is -0.138 e. The molecular formula is C8H12N2S. The van der Waals surface area contributed by atoms with Gasteiger partial charge in [0.15, 0.2) is 0 Å².